The van der Waals surface area contributed by atoms with E-state index in [-0.39, 0.29) is 5.91 Å². The molecule has 0 spiro atoms. The molecule has 4 heteroatoms. The predicted octanol–water partition coefficient (Wildman–Crippen LogP) is 5.08. The van der Waals surface area contributed by atoms with Crippen molar-refractivity contribution in [3.8, 4) is 5.75 Å². The molecule has 0 saturated heterocycles. The number of anilines is 1. The molecule has 26 heavy (non-hydrogen) atoms. The Morgan fingerprint density at radius 1 is 1.12 bits per heavy atom. The number of hydrogen-bond acceptors (Lipinski definition) is 3. The molecule has 0 aliphatic heterocycles. The Morgan fingerprint density at radius 2 is 1.85 bits per heavy atom. The van der Waals surface area contributed by atoms with Gasteiger partial charge in [0, 0.05) is 16.8 Å². The van der Waals surface area contributed by atoms with Crippen LogP contribution in [0.4, 0.5) is 5.69 Å². The molecule has 3 aromatic rings. The van der Waals surface area contributed by atoms with Crippen molar-refractivity contribution < 1.29 is 9.53 Å². The number of benzene rings is 2. The van der Waals surface area contributed by atoms with E-state index in [1.165, 1.54) is 0 Å². The smallest absolute Gasteiger partial charge is 0.256 e. The van der Waals surface area contributed by atoms with Crippen LogP contribution in [-0.2, 0) is 6.42 Å². The summed E-state index contributed by atoms with van der Waals surface area (Å²) >= 11 is 0. The van der Waals surface area contributed by atoms with Crippen LogP contribution in [0.2, 0.25) is 0 Å². The molecule has 0 radical (unpaired) electrons. The predicted molar refractivity (Wildman–Crippen MR) is 106 cm³/mol. The van der Waals surface area contributed by atoms with Gasteiger partial charge in [-0.1, -0.05) is 32.0 Å². The summed E-state index contributed by atoms with van der Waals surface area (Å²) in [6.45, 7) is 6.86. The number of ether oxygens (including phenoxy) is 1. The highest BCUT2D eigenvalue weighted by Crippen LogP contribution is 2.22. The first-order valence-electron chi connectivity index (χ1n) is 8.99. The van der Waals surface area contributed by atoms with Gasteiger partial charge in [0.2, 0.25) is 0 Å². The van der Waals surface area contributed by atoms with Crippen molar-refractivity contribution >= 4 is 22.5 Å². The number of hydrogen-bond donors (Lipinski definition) is 1. The van der Waals surface area contributed by atoms with E-state index in [1.807, 2.05) is 61.5 Å². The van der Waals surface area contributed by atoms with Crippen molar-refractivity contribution in [2.45, 2.75) is 27.2 Å². The van der Waals surface area contributed by atoms with Crippen molar-refractivity contribution in [2.24, 2.45) is 5.92 Å². The first-order valence-corrected chi connectivity index (χ1v) is 8.99. The number of para-hydroxylation sites is 1. The van der Waals surface area contributed by atoms with Crippen molar-refractivity contribution in [3.05, 3.63) is 65.9 Å². The van der Waals surface area contributed by atoms with E-state index in [4.69, 9.17) is 9.72 Å². The van der Waals surface area contributed by atoms with Gasteiger partial charge < -0.3 is 10.1 Å². The monoisotopic (exact) mass is 348 g/mol. The molecule has 4 nitrogen and oxygen atoms in total. The number of nitrogens with zero attached hydrogens (tertiary/aromatic N) is 1. The van der Waals surface area contributed by atoms with Gasteiger partial charge in [-0.2, -0.15) is 0 Å². The van der Waals surface area contributed by atoms with Gasteiger partial charge in [-0.05, 0) is 55.7 Å². The Morgan fingerprint density at radius 3 is 2.54 bits per heavy atom. The van der Waals surface area contributed by atoms with Gasteiger partial charge in [-0.25, -0.2) is 0 Å². The standard InChI is InChI=1S/C22H24N2O2/c1-4-26-18-11-9-16(10-12-18)24-22(25)20-14-17(13-15(2)3)23-21-8-6-5-7-19(20)21/h5-12,14-15H,4,13H2,1-3H3,(H,24,25). The number of carbonyl (C=O) groups excluding carboxylic acids is 1. The van der Waals surface area contributed by atoms with Crippen LogP contribution in [0.1, 0.15) is 36.8 Å². The SMILES string of the molecule is CCOc1ccc(NC(=O)c2cc(CC(C)C)nc3ccccc23)cc1. The van der Waals surface area contributed by atoms with Crippen LogP contribution in [0.5, 0.6) is 5.75 Å². The second-order valence-electron chi connectivity index (χ2n) is 6.69. The second kappa shape index (κ2) is 8.00. The summed E-state index contributed by atoms with van der Waals surface area (Å²) in [6, 6.07) is 17.1. The second-order valence-corrected chi connectivity index (χ2v) is 6.69. The normalized spacial score (nSPS) is 10.9. The van der Waals surface area contributed by atoms with Gasteiger partial charge in [0.05, 0.1) is 17.7 Å². The number of aromatic nitrogens is 1. The highest BCUT2D eigenvalue weighted by molar-refractivity contribution is 6.12. The largest absolute Gasteiger partial charge is 0.494 e. The fraction of sp³-hybridized carbons (Fsp3) is 0.273. The van der Waals surface area contributed by atoms with Gasteiger partial charge in [-0.15, -0.1) is 0 Å². The molecule has 1 amide bonds. The van der Waals surface area contributed by atoms with E-state index in [0.717, 1.165) is 34.5 Å². The van der Waals surface area contributed by atoms with Crippen LogP contribution in [-0.4, -0.2) is 17.5 Å². The maximum absolute atomic E-state index is 12.9. The molecular formula is C22H24N2O2. The molecule has 1 heterocycles. The van der Waals surface area contributed by atoms with E-state index < -0.39 is 0 Å². The summed E-state index contributed by atoms with van der Waals surface area (Å²) in [5.74, 6) is 1.14. The highest BCUT2D eigenvalue weighted by Gasteiger charge is 2.14. The highest BCUT2D eigenvalue weighted by atomic mass is 16.5. The lowest BCUT2D eigenvalue weighted by Gasteiger charge is -2.12. The Balaban J connectivity index is 1.91. The number of carbonyl (C=O) groups is 1. The molecule has 134 valence electrons. The number of rotatable bonds is 6. The Kier molecular flexibility index (Phi) is 5.52. The summed E-state index contributed by atoms with van der Waals surface area (Å²) in [7, 11) is 0. The number of pyridine rings is 1. The Labute approximate surface area is 154 Å². The van der Waals surface area contributed by atoms with Crippen LogP contribution in [0.3, 0.4) is 0 Å². The maximum Gasteiger partial charge on any atom is 0.256 e. The van der Waals surface area contributed by atoms with Crippen LogP contribution in [0.15, 0.2) is 54.6 Å². The molecule has 1 N–H and O–H groups in total. The molecule has 0 aliphatic rings. The summed E-state index contributed by atoms with van der Waals surface area (Å²) in [6.07, 6.45) is 0.841. The third kappa shape index (κ3) is 4.20. The maximum atomic E-state index is 12.9. The van der Waals surface area contributed by atoms with Gasteiger partial charge >= 0.3 is 0 Å². The van der Waals surface area contributed by atoms with Crippen LogP contribution >= 0.6 is 0 Å². The fourth-order valence-electron chi connectivity index (χ4n) is 2.94. The fourth-order valence-corrected chi connectivity index (χ4v) is 2.94. The minimum atomic E-state index is -0.127. The summed E-state index contributed by atoms with van der Waals surface area (Å²) in [4.78, 5) is 17.6. The number of fused-ring (bicyclic) bond motifs is 1. The molecule has 0 bridgehead atoms. The van der Waals surface area contributed by atoms with Gasteiger partial charge in [-0.3, -0.25) is 9.78 Å². The van der Waals surface area contributed by atoms with Crippen LogP contribution in [0, 0.1) is 5.92 Å². The van der Waals surface area contributed by atoms with Gasteiger partial charge in [0.1, 0.15) is 5.75 Å². The van der Waals surface area contributed by atoms with Gasteiger partial charge in [0.25, 0.3) is 5.91 Å². The van der Waals surface area contributed by atoms with E-state index in [0.29, 0.717) is 18.1 Å². The third-order valence-corrected chi connectivity index (χ3v) is 4.05. The zero-order valence-corrected chi connectivity index (χ0v) is 15.5. The van der Waals surface area contributed by atoms with E-state index in [2.05, 4.69) is 19.2 Å². The summed E-state index contributed by atoms with van der Waals surface area (Å²) in [5, 5.41) is 3.84. The Bertz CT molecular complexity index is 902. The molecule has 1 aromatic heterocycles. The molecule has 0 saturated carbocycles. The third-order valence-electron chi connectivity index (χ3n) is 4.05. The lowest BCUT2D eigenvalue weighted by atomic mass is 10.0. The van der Waals surface area contributed by atoms with Gasteiger partial charge in [0.15, 0.2) is 0 Å². The van der Waals surface area contributed by atoms with E-state index in [1.54, 1.807) is 0 Å². The van der Waals surface area contributed by atoms with Crippen molar-refractivity contribution in [2.75, 3.05) is 11.9 Å². The van der Waals surface area contributed by atoms with Crippen LogP contribution in [0.25, 0.3) is 10.9 Å². The lowest BCUT2D eigenvalue weighted by molar-refractivity contribution is 0.102. The zero-order chi connectivity index (χ0) is 18.5. The average molecular weight is 348 g/mol. The minimum absolute atomic E-state index is 0.127. The quantitative estimate of drug-likeness (QED) is 0.675. The minimum Gasteiger partial charge on any atom is -0.494 e. The van der Waals surface area contributed by atoms with Crippen molar-refractivity contribution in [1.29, 1.82) is 0 Å². The van der Waals surface area contributed by atoms with E-state index in [9.17, 15) is 4.79 Å². The van der Waals surface area contributed by atoms with Crippen molar-refractivity contribution in [3.63, 3.8) is 0 Å². The molecule has 0 atom stereocenters. The van der Waals surface area contributed by atoms with Crippen LogP contribution < -0.4 is 10.1 Å². The summed E-state index contributed by atoms with van der Waals surface area (Å²) in [5.41, 5.74) is 3.18. The molecule has 0 unspecified atom stereocenters. The molecule has 3 rings (SSSR count). The topological polar surface area (TPSA) is 51.2 Å². The number of nitrogens with one attached hydrogen (secondary N) is 1. The Hall–Kier alpha value is -2.88. The lowest BCUT2D eigenvalue weighted by Crippen LogP contribution is -2.14. The molecular weight excluding hydrogens is 324 g/mol. The molecule has 0 aliphatic carbocycles. The zero-order valence-electron chi connectivity index (χ0n) is 15.5. The van der Waals surface area contributed by atoms with Crippen molar-refractivity contribution in [1.82, 2.24) is 4.98 Å². The average Bonchev–Trinajstić information content (AvgIpc) is 2.62. The number of amides is 1. The first kappa shape index (κ1) is 17.9. The molecule has 2 aromatic carbocycles. The van der Waals surface area contributed by atoms with E-state index >= 15 is 0 Å². The summed E-state index contributed by atoms with van der Waals surface area (Å²) < 4.78 is 5.44. The molecule has 0 fully saturated rings. The first-order chi connectivity index (χ1) is 12.6.